The lowest BCUT2D eigenvalue weighted by Crippen LogP contribution is -2.38. The number of fused-ring (bicyclic) bond motifs is 1. The van der Waals surface area contributed by atoms with Gasteiger partial charge in [-0.1, -0.05) is 13.3 Å². The van der Waals surface area contributed by atoms with Gasteiger partial charge in [0.2, 0.25) is 0 Å². The number of benzene rings is 1. The zero-order valence-corrected chi connectivity index (χ0v) is 10.9. The molecule has 3 heteroatoms. The molecule has 2 aliphatic rings. The third-order valence-electron chi connectivity index (χ3n) is 4.32. The van der Waals surface area contributed by atoms with E-state index < -0.39 is 0 Å². The van der Waals surface area contributed by atoms with Crippen LogP contribution >= 0.6 is 0 Å². The molecule has 2 aliphatic heterocycles. The highest BCUT2D eigenvalue weighted by atomic mass is 16.5. The molecule has 1 fully saturated rings. The van der Waals surface area contributed by atoms with E-state index in [2.05, 4.69) is 11.8 Å². The minimum Gasteiger partial charge on any atom is -0.508 e. The summed E-state index contributed by atoms with van der Waals surface area (Å²) in [4.78, 5) is 2.56. The summed E-state index contributed by atoms with van der Waals surface area (Å²) in [5.41, 5.74) is 1.24. The van der Waals surface area contributed by atoms with Gasteiger partial charge in [0.1, 0.15) is 18.1 Å². The zero-order chi connectivity index (χ0) is 12.5. The standard InChI is InChI=1S/C15H21NO2/c1-2-11-4-3-7-16(9-11)14-10-18-15-8-12(17)5-6-13(14)15/h5-6,8,11,14,17H,2-4,7,9-10H2,1H3. The van der Waals surface area contributed by atoms with Crippen molar-refractivity contribution in [3.8, 4) is 11.5 Å². The smallest absolute Gasteiger partial charge is 0.127 e. The average molecular weight is 247 g/mol. The predicted molar refractivity (Wildman–Crippen MR) is 70.9 cm³/mol. The fourth-order valence-corrected chi connectivity index (χ4v) is 3.20. The van der Waals surface area contributed by atoms with Gasteiger partial charge in [0.15, 0.2) is 0 Å². The molecular weight excluding hydrogens is 226 g/mol. The van der Waals surface area contributed by atoms with E-state index in [0.717, 1.165) is 18.3 Å². The Morgan fingerprint density at radius 2 is 2.33 bits per heavy atom. The van der Waals surface area contributed by atoms with Gasteiger partial charge in [-0.25, -0.2) is 0 Å². The van der Waals surface area contributed by atoms with Crippen LogP contribution in [0.1, 0.15) is 37.8 Å². The lowest BCUT2D eigenvalue weighted by molar-refractivity contribution is 0.104. The van der Waals surface area contributed by atoms with Gasteiger partial charge in [-0.2, -0.15) is 0 Å². The number of rotatable bonds is 2. The van der Waals surface area contributed by atoms with E-state index in [9.17, 15) is 5.11 Å². The number of hydrogen-bond acceptors (Lipinski definition) is 3. The monoisotopic (exact) mass is 247 g/mol. The summed E-state index contributed by atoms with van der Waals surface area (Å²) in [6.07, 6.45) is 3.93. The van der Waals surface area contributed by atoms with Crippen LogP contribution in [0.4, 0.5) is 0 Å². The highest BCUT2D eigenvalue weighted by Crippen LogP contribution is 2.39. The van der Waals surface area contributed by atoms with Gasteiger partial charge in [-0.05, 0) is 37.4 Å². The summed E-state index contributed by atoms with van der Waals surface area (Å²) in [6.45, 7) is 5.37. The number of ether oxygens (including phenoxy) is 1. The van der Waals surface area contributed by atoms with E-state index >= 15 is 0 Å². The molecule has 3 nitrogen and oxygen atoms in total. The fourth-order valence-electron chi connectivity index (χ4n) is 3.20. The number of aromatic hydroxyl groups is 1. The largest absolute Gasteiger partial charge is 0.508 e. The molecular formula is C15H21NO2. The van der Waals surface area contributed by atoms with E-state index in [4.69, 9.17) is 4.74 Å². The summed E-state index contributed by atoms with van der Waals surface area (Å²) in [5, 5.41) is 9.48. The Labute approximate surface area is 108 Å². The first kappa shape index (κ1) is 11.8. The first-order valence-electron chi connectivity index (χ1n) is 6.97. The second kappa shape index (κ2) is 4.81. The number of likely N-dealkylation sites (tertiary alicyclic amines) is 1. The molecule has 18 heavy (non-hydrogen) atoms. The summed E-state index contributed by atoms with van der Waals surface area (Å²) < 4.78 is 5.71. The van der Waals surface area contributed by atoms with Crippen molar-refractivity contribution in [3.05, 3.63) is 23.8 Å². The molecule has 1 N–H and O–H groups in total. The second-order valence-corrected chi connectivity index (χ2v) is 5.46. The molecule has 0 saturated carbocycles. The Hall–Kier alpha value is -1.22. The van der Waals surface area contributed by atoms with Gasteiger partial charge in [-0.15, -0.1) is 0 Å². The Morgan fingerprint density at radius 1 is 1.44 bits per heavy atom. The zero-order valence-electron chi connectivity index (χ0n) is 10.9. The first-order valence-corrected chi connectivity index (χ1v) is 6.97. The maximum atomic E-state index is 9.48. The summed E-state index contributed by atoms with van der Waals surface area (Å²) in [6, 6.07) is 5.89. The lowest BCUT2D eigenvalue weighted by Gasteiger charge is -2.35. The fraction of sp³-hybridized carbons (Fsp3) is 0.600. The van der Waals surface area contributed by atoms with Crippen LogP contribution in [0.2, 0.25) is 0 Å². The van der Waals surface area contributed by atoms with Crippen LogP contribution in [0, 0.1) is 5.92 Å². The number of phenolic OH excluding ortho intramolecular Hbond substituents is 1. The molecule has 1 aromatic rings. The third kappa shape index (κ3) is 2.07. The summed E-state index contributed by atoms with van der Waals surface area (Å²) in [7, 11) is 0. The van der Waals surface area contributed by atoms with Crippen molar-refractivity contribution in [1.29, 1.82) is 0 Å². The molecule has 1 aromatic carbocycles. The van der Waals surface area contributed by atoms with Crippen LogP contribution in [0.5, 0.6) is 11.5 Å². The first-order chi connectivity index (χ1) is 8.78. The molecule has 0 amide bonds. The van der Waals surface area contributed by atoms with Gasteiger partial charge in [0.05, 0.1) is 6.04 Å². The second-order valence-electron chi connectivity index (χ2n) is 5.46. The SMILES string of the molecule is CCC1CCCN(C2COc3cc(O)ccc32)C1. The molecule has 0 bridgehead atoms. The van der Waals surface area contributed by atoms with Crippen molar-refractivity contribution in [3.63, 3.8) is 0 Å². The molecule has 3 rings (SSSR count). The van der Waals surface area contributed by atoms with Crippen LogP contribution in [0.25, 0.3) is 0 Å². The van der Waals surface area contributed by atoms with Crippen molar-refractivity contribution < 1.29 is 9.84 Å². The Bertz CT molecular complexity index is 433. The van der Waals surface area contributed by atoms with Crippen molar-refractivity contribution in [1.82, 2.24) is 4.90 Å². The maximum Gasteiger partial charge on any atom is 0.127 e. The molecule has 98 valence electrons. The van der Waals surface area contributed by atoms with E-state index in [-0.39, 0.29) is 0 Å². The average Bonchev–Trinajstić information content (AvgIpc) is 2.81. The van der Waals surface area contributed by atoms with Crippen molar-refractivity contribution in [2.24, 2.45) is 5.92 Å². The number of nitrogens with zero attached hydrogens (tertiary/aromatic N) is 1. The van der Waals surface area contributed by atoms with E-state index in [1.54, 1.807) is 12.1 Å². The van der Waals surface area contributed by atoms with E-state index in [1.165, 1.54) is 37.9 Å². The molecule has 0 spiro atoms. The Morgan fingerprint density at radius 3 is 3.17 bits per heavy atom. The topological polar surface area (TPSA) is 32.7 Å². The summed E-state index contributed by atoms with van der Waals surface area (Å²) in [5.74, 6) is 1.98. The highest BCUT2D eigenvalue weighted by molar-refractivity contribution is 5.44. The Balaban J connectivity index is 1.79. The molecule has 2 heterocycles. The third-order valence-corrected chi connectivity index (χ3v) is 4.32. The van der Waals surface area contributed by atoms with Crippen molar-refractivity contribution in [2.75, 3.05) is 19.7 Å². The molecule has 0 radical (unpaired) electrons. The maximum absolute atomic E-state index is 9.48. The normalized spacial score (nSPS) is 27.8. The van der Waals surface area contributed by atoms with E-state index in [1.807, 2.05) is 6.07 Å². The molecule has 2 atom stereocenters. The minimum atomic E-state index is 0.291. The van der Waals surface area contributed by atoms with Crippen LogP contribution in [-0.4, -0.2) is 29.7 Å². The van der Waals surface area contributed by atoms with Crippen LogP contribution in [0.15, 0.2) is 18.2 Å². The molecule has 0 aromatic heterocycles. The van der Waals surface area contributed by atoms with Crippen LogP contribution < -0.4 is 4.74 Å². The predicted octanol–water partition coefficient (Wildman–Crippen LogP) is 2.95. The van der Waals surface area contributed by atoms with Crippen molar-refractivity contribution >= 4 is 0 Å². The quantitative estimate of drug-likeness (QED) is 0.872. The van der Waals surface area contributed by atoms with Gasteiger partial charge in [-0.3, -0.25) is 4.90 Å². The van der Waals surface area contributed by atoms with Gasteiger partial charge < -0.3 is 9.84 Å². The van der Waals surface area contributed by atoms with Gasteiger partial charge >= 0.3 is 0 Å². The van der Waals surface area contributed by atoms with Gasteiger partial charge in [0.25, 0.3) is 0 Å². The Kier molecular flexibility index (Phi) is 3.16. The molecule has 1 saturated heterocycles. The lowest BCUT2D eigenvalue weighted by atomic mass is 9.93. The molecule has 2 unspecified atom stereocenters. The van der Waals surface area contributed by atoms with E-state index in [0.29, 0.717) is 11.8 Å². The number of hydrogen-bond donors (Lipinski definition) is 1. The highest BCUT2D eigenvalue weighted by Gasteiger charge is 2.32. The van der Waals surface area contributed by atoms with Gasteiger partial charge in [0, 0.05) is 18.2 Å². The van der Waals surface area contributed by atoms with Crippen LogP contribution in [-0.2, 0) is 0 Å². The van der Waals surface area contributed by atoms with Crippen LogP contribution in [0.3, 0.4) is 0 Å². The summed E-state index contributed by atoms with van der Waals surface area (Å²) >= 11 is 0. The number of piperidine rings is 1. The molecule has 0 aliphatic carbocycles. The minimum absolute atomic E-state index is 0.291. The van der Waals surface area contributed by atoms with Crippen molar-refractivity contribution in [2.45, 2.75) is 32.2 Å². The number of phenols is 1.